The first-order valence-electron chi connectivity index (χ1n) is 8.04. The van der Waals surface area contributed by atoms with Crippen LogP contribution in [0.1, 0.15) is 50.9 Å². The molecule has 2 nitrogen and oxygen atoms in total. The Hall–Kier alpha value is -1.96. The first-order valence-corrected chi connectivity index (χ1v) is 8.04. The van der Waals surface area contributed by atoms with Crippen LogP contribution in [-0.2, 0) is 4.79 Å². The zero-order chi connectivity index (χ0) is 17.8. The van der Waals surface area contributed by atoms with Gasteiger partial charge in [-0.2, -0.15) is 0 Å². The van der Waals surface area contributed by atoms with Crippen molar-refractivity contribution in [3.05, 3.63) is 61.9 Å². The standard InChI is InChI=1S/C14H14O.C5H9O.C2H5/c1-2-5-14(15)13-9-8-11-6-3-4-7-12(11)10-13;1-4(2)5(3)6;1-2/h3-4,6-10H,2,5H2,1H3;4H,3H2,1-2H3;1H2,2H3. The van der Waals surface area contributed by atoms with E-state index in [4.69, 9.17) is 0 Å². The number of fused-ring (bicyclic) bond motifs is 1. The van der Waals surface area contributed by atoms with E-state index in [0.717, 1.165) is 17.4 Å². The summed E-state index contributed by atoms with van der Waals surface area (Å²) >= 11 is 0. The normalized spacial score (nSPS) is 9.52. The van der Waals surface area contributed by atoms with E-state index in [-0.39, 0.29) is 17.5 Å². The van der Waals surface area contributed by atoms with Crippen LogP contribution >= 0.6 is 0 Å². The molecule has 124 valence electrons. The lowest BCUT2D eigenvalue weighted by atomic mass is 10.0. The third kappa shape index (κ3) is 7.73. The van der Waals surface area contributed by atoms with Crippen molar-refractivity contribution in [2.45, 2.75) is 40.5 Å². The molecule has 0 aliphatic carbocycles. The van der Waals surface area contributed by atoms with E-state index < -0.39 is 0 Å². The lowest BCUT2D eigenvalue weighted by molar-refractivity contribution is -0.117. The lowest BCUT2D eigenvalue weighted by Crippen LogP contribution is -1.99. The zero-order valence-electron chi connectivity index (χ0n) is 14.8. The molecule has 0 atom stereocenters. The zero-order valence-corrected chi connectivity index (χ0v) is 14.8. The molecule has 0 aliphatic heterocycles. The van der Waals surface area contributed by atoms with Gasteiger partial charge in [0.2, 0.25) is 0 Å². The van der Waals surface area contributed by atoms with Gasteiger partial charge in [0, 0.05) is 24.8 Å². The van der Waals surface area contributed by atoms with Crippen LogP contribution in [0.3, 0.4) is 0 Å². The van der Waals surface area contributed by atoms with Crippen molar-refractivity contribution in [3.63, 3.8) is 0 Å². The van der Waals surface area contributed by atoms with Crippen LogP contribution in [0.25, 0.3) is 10.8 Å². The first-order chi connectivity index (χ1) is 11.0. The number of rotatable bonds is 4. The molecule has 0 heterocycles. The van der Waals surface area contributed by atoms with Crippen molar-refractivity contribution in [1.82, 2.24) is 0 Å². The highest BCUT2D eigenvalue weighted by Gasteiger charge is 2.04. The van der Waals surface area contributed by atoms with Crippen molar-refractivity contribution in [3.8, 4) is 0 Å². The van der Waals surface area contributed by atoms with E-state index in [2.05, 4.69) is 19.9 Å². The summed E-state index contributed by atoms with van der Waals surface area (Å²) in [6, 6.07) is 14.0. The molecule has 23 heavy (non-hydrogen) atoms. The van der Waals surface area contributed by atoms with Gasteiger partial charge in [-0.05, 0) is 23.3 Å². The fraction of sp³-hybridized carbons (Fsp3) is 0.333. The van der Waals surface area contributed by atoms with Crippen LogP contribution in [-0.4, -0.2) is 11.6 Å². The van der Waals surface area contributed by atoms with Crippen LogP contribution in [0, 0.1) is 19.8 Å². The third-order valence-corrected chi connectivity index (χ3v) is 3.19. The second-order valence-corrected chi connectivity index (χ2v) is 5.36. The Morgan fingerprint density at radius 2 is 1.52 bits per heavy atom. The molecule has 0 unspecified atom stereocenters. The Morgan fingerprint density at radius 3 is 2.00 bits per heavy atom. The molecule has 2 heteroatoms. The SMILES string of the molecule is CCCC(=O)c1ccc2ccccc2c1.[CH2]C.[CH2]C(=O)C(C)C. The van der Waals surface area contributed by atoms with E-state index in [1.54, 1.807) is 6.92 Å². The molecule has 0 saturated carbocycles. The van der Waals surface area contributed by atoms with Crippen molar-refractivity contribution in [1.29, 1.82) is 0 Å². The molecule has 2 aromatic rings. The van der Waals surface area contributed by atoms with E-state index in [9.17, 15) is 9.59 Å². The van der Waals surface area contributed by atoms with Crippen molar-refractivity contribution < 1.29 is 9.59 Å². The first kappa shape index (κ1) is 21.0. The number of carbonyl (C=O) groups is 2. The number of hydrogen-bond donors (Lipinski definition) is 0. The average Bonchev–Trinajstić information content (AvgIpc) is 2.57. The summed E-state index contributed by atoms with van der Waals surface area (Å²) in [5.74, 6) is 0.350. The van der Waals surface area contributed by atoms with Gasteiger partial charge in [0.1, 0.15) is 5.78 Å². The van der Waals surface area contributed by atoms with Crippen LogP contribution in [0.5, 0.6) is 0 Å². The highest BCUT2D eigenvalue weighted by molar-refractivity contribution is 5.99. The molecule has 2 rings (SSSR count). The van der Waals surface area contributed by atoms with E-state index in [1.807, 2.05) is 57.2 Å². The fourth-order valence-corrected chi connectivity index (χ4v) is 1.73. The molecule has 2 radical (unpaired) electrons. The maximum Gasteiger partial charge on any atom is 0.162 e. The monoisotopic (exact) mass is 312 g/mol. The lowest BCUT2D eigenvalue weighted by Gasteiger charge is -2.01. The summed E-state index contributed by atoms with van der Waals surface area (Å²) in [6.07, 6.45) is 1.55. The van der Waals surface area contributed by atoms with E-state index in [0.29, 0.717) is 6.42 Å². The van der Waals surface area contributed by atoms with E-state index in [1.165, 1.54) is 5.39 Å². The Balaban J connectivity index is 0.000000515. The highest BCUT2D eigenvalue weighted by Crippen LogP contribution is 2.16. The maximum absolute atomic E-state index is 11.7. The van der Waals surface area contributed by atoms with Crippen LogP contribution in [0.4, 0.5) is 0 Å². The van der Waals surface area contributed by atoms with Gasteiger partial charge in [-0.15, -0.1) is 0 Å². The Bertz CT molecular complexity index is 612. The van der Waals surface area contributed by atoms with Gasteiger partial charge < -0.3 is 0 Å². The minimum atomic E-state index is 0.00926. The predicted octanol–water partition coefficient (Wildman–Crippen LogP) is 5.71. The topological polar surface area (TPSA) is 34.1 Å². The van der Waals surface area contributed by atoms with Gasteiger partial charge in [-0.1, -0.05) is 71.0 Å². The second kappa shape index (κ2) is 11.6. The number of ketones is 2. The molecule has 2 aromatic carbocycles. The summed E-state index contributed by atoms with van der Waals surface area (Å²) in [5, 5.41) is 2.32. The molecule has 0 aliphatic rings. The van der Waals surface area contributed by atoms with Crippen LogP contribution < -0.4 is 0 Å². The van der Waals surface area contributed by atoms with Gasteiger partial charge in [-0.25, -0.2) is 0 Å². The third-order valence-electron chi connectivity index (χ3n) is 3.19. The molecule has 0 amide bonds. The van der Waals surface area contributed by atoms with Crippen LogP contribution in [0.15, 0.2) is 42.5 Å². The van der Waals surface area contributed by atoms with Crippen molar-refractivity contribution in [2.24, 2.45) is 5.92 Å². The maximum atomic E-state index is 11.7. The average molecular weight is 312 g/mol. The molecule has 0 bridgehead atoms. The minimum absolute atomic E-state index is 0.00926. The fourth-order valence-electron chi connectivity index (χ4n) is 1.73. The summed E-state index contributed by atoms with van der Waals surface area (Å²) in [4.78, 5) is 21.7. The number of carbonyl (C=O) groups excluding carboxylic acids is 2. The molecular weight excluding hydrogens is 284 g/mol. The van der Waals surface area contributed by atoms with Gasteiger partial charge in [0.15, 0.2) is 5.78 Å². The quantitative estimate of drug-likeness (QED) is 0.678. The molecule has 0 N–H and O–H groups in total. The van der Waals surface area contributed by atoms with Gasteiger partial charge in [0.25, 0.3) is 0 Å². The van der Waals surface area contributed by atoms with Crippen molar-refractivity contribution in [2.75, 3.05) is 0 Å². The second-order valence-electron chi connectivity index (χ2n) is 5.36. The number of hydrogen-bond acceptors (Lipinski definition) is 2. The minimum Gasteiger partial charge on any atom is -0.299 e. The summed E-state index contributed by atoms with van der Waals surface area (Å²) < 4.78 is 0. The largest absolute Gasteiger partial charge is 0.299 e. The van der Waals surface area contributed by atoms with E-state index >= 15 is 0 Å². The number of Topliss-reactive ketones (excluding diaryl/α,β-unsaturated/α-hetero) is 2. The van der Waals surface area contributed by atoms with Gasteiger partial charge in [0.05, 0.1) is 0 Å². The summed E-state index contributed by atoms with van der Waals surface area (Å²) in [6.45, 7) is 13.9. The molecule has 0 saturated heterocycles. The van der Waals surface area contributed by atoms with Gasteiger partial charge >= 0.3 is 0 Å². The Labute approximate surface area is 140 Å². The number of benzene rings is 2. The summed E-state index contributed by atoms with van der Waals surface area (Å²) in [5.41, 5.74) is 0.829. The van der Waals surface area contributed by atoms with Gasteiger partial charge in [-0.3, -0.25) is 9.59 Å². The smallest absolute Gasteiger partial charge is 0.162 e. The van der Waals surface area contributed by atoms with Crippen molar-refractivity contribution >= 4 is 22.3 Å². The molecule has 0 aromatic heterocycles. The molecule has 0 spiro atoms. The highest BCUT2D eigenvalue weighted by atomic mass is 16.1. The summed E-state index contributed by atoms with van der Waals surface area (Å²) in [7, 11) is 0. The Morgan fingerprint density at radius 1 is 1.00 bits per heavy atom. The molecule has 0 fully saturated rings. The van der Waals surface area contributed by atoms with Crippen LogP contribution in [0.2, 0.25) is 0 Å². The molecular formula is C21H28O2. The Kier molecular flexibility index (Phi) is 10.6. The predicted molar refractivity (Wildman–Crippen MR) is 99.4 cm³/mol.